The van der Waals surface area contributed by atoms with Gasteiger partial charge in [-0.05, 0) is 0 Å². The molecular weight excluding hydrogens is 208 g/mol. The van der Waals surface area contributed by atoms with Crippen molar-refractivity contribution in [1.29, 1.82) is 0 Å². The van der Waals surface area contributed by atoms with E-state index in [9.17, 15) is 0 Å². The van der Waals surface area contributed by atoms with Gasteiger partial charge in [0, 0.05) is 0 Å². The Morgan fingerprint density at radius 1 is 0.929 bits per heavy atom. The SMILES string of the molecule is C[O][Ti][CH](C1C=CC=C1)C1C=CC=C1. The van der Waals surface area contributed by atoms with Crippen LogP contribution in [-0.2, 0) is 22.9 Å². The van der Waals surface area contributed by atoms with Crippen molar-refractivity contribution in [3.8, 4) is 0 Å². The van der Waals surface area contributed by atoms with E-state index in [1.54, 1.807) is 0 Å². The van der Waals surface area contributed by atoms with E-state index >= 15 is 0 Å². The summed E-state index contributed by atoms with van der Waals surface area (Å²) < 4.78 is 6.09. The van der Waals surface area contributed by atoms with Gasteiger partial charge in [-0.25, -0.2) is 0 Å². The Morgan fingerprint density at radius 2 is 1.36 bits per heavy atom. The van der Waals surface area contributed by atoms with Gasteiger partial charge in [0.25, 0.3) is 0 Å². The molecule has 0 bridgehead atoms. The molecule has 0 aromatic carbocycles. The minimum atomic E-state index is -0.304. The molecule has 0 saturated heterocycles. The van der Waals surface area contributed by atoms with Gasteiger partial charge >= 0.3 is 94.6 Å². The summed E-state index contributed by atoms with van der Waals surface area (Å²) in [6.45, 7) is 0. The zero-order chi connectivity index (χ0) is 9.80. The van der Waals surface area contributed by atoms with Crippen molar-refractivity contribution >= 4 is 0 Å². The molecule has 2 rings (SSSR count). The van der Waals surface area contributed by atoms with Gasteiger partial charge in [0.1, 0.15) is 0 Å². The first-order chi connectivity index (χ1) is 6.92. The van der Waals surface area contributed by atoms with Crippen LogP contribution in [-0.4, -0.2) is 7.11 Å². The van der Waals surface area contributed by atoms with Gasteiger partial charge in [-0.1, -0.05) is 0 Å². The van der Waals surface area contributed by atoms with Crippen molar-refractivity contribution in [2.24, 2.45) is 11.8 Å². The average molecular weight is 222 g/mol. The van der Waals surface area contributed by atoms with Crippen LogP contribution in [0.15, 0.2) is 48.6 Å². The zero-order valence-corrected chi connectivity index (χ0v) is 9.82. The Labute approximate surface area is 94.6 Å². The van der Waals surface area contributed by atoms with E-state index in [-0.39, 0.29) is 19.5 Å². The van der Waals surface area contributed by atoms with E-state index in [2.05, 4.69) is 48.6 Å². The van der Waals surface area contributed by atoms with Crippen molar-refractivity contribution in [3.63, 3.8) is 0 Å². The van der Waals surface area contributed by atoms with Crippen LogP contribution >= 0.6 is 0 Å². The third-order valence-electron chi connectivity index (χ3n) is 2.64. The average Bonchev–Trinajstić information content (AvgIpc) is 2.87. The molecule has 0 atom stereocenters. The van der Waals surface area contributed by atoms with Crippen LogP contribution in [0.25, 0.3) is 0 Å². The molecule has 0 spiro atoms. The van der Waals surface area contributed by atoms with Crippen LogP contribution in [0.1, 0.15) is 0 Å². The predicted octanol–water partition coefficient (Wildman–Crippen LogP) is 2.90. The summed E-state index contributed by atoms with van der Waals surface area (Å²) >= 11 is -0.304. The molecule has 2 aliphatic rings. The normalized spacial score (nSPS) is 20.4. The van der Waals surface area contributed by atoms with Crippen molar-refractivity contribution < 1.29 is 22.9 Å². The Balaban J connectivity index is 2.06. The van der Waals surface area contributed by atoms with Gasteiger partial charge in [0.05, 0.1) is 0 Å². The number of allylic oxidation sites excluding steroid dienone is 8. The standard InChI is InChI=1S/C11H11.CH3O.Ti/c1-2-6-10(5-1)9-11-7-3-4-8-11;1-2;/h1-11H;1H3;/q;-1;+1. The van der Waals surface area contributed by atoms with Crippen molar-refractivity contribution in [3.05, 3.63) is 48.6 Å². The molecule has 0 amide bonds. The fraction of sp³-hybridized carbons (Fsp3) is 0.333. The molecule has 2 heteroatoms. The van der Waals surface area contributed by atoms with E-state index in [1.165, 1.54) is 0 Å². The van der Waals surface area contributed by atoms with Gasteiger partial charge < -0.3 is 0 Å². The second kappa shape index (κ2) is 4.92. The van der Waals surface area contributed by atoms with Crippen LogP contribution in [0, 0.1) is 11.8 Å². The maximum atomic E-state index is 5.42. The number of rotatable bonds is 4. The molecule has 0 unspecified atom stereocenters. The molecule has 14 heavy (non-hydrogen) atoms. The maximum absolute atomic E-state index is 5.42. The summed E-state index contributed by atoms with van der Waals surface area (Å²) in [5, 5.41) is 0. The first kappa shape index (κ1) is 10.2. The summed E-state index contributed by atoms with van der Waals surface area (Å²) in [6.07, 6.45) is 17.7. The van der Waals surface area contributed by atoms with Crippen molar-refractivity contribution in [2.45, 2.75) is 4.22 Å². The summed E-state index contributed by atoms with van der Waals surface area (Å²) in [4.78, 5) is 0. The Hall–Kier alpha value is -0.366. The molecule has 0 radical (unpaired) electrons. The van der Waals surface area contributed by atoms with E-state index < -0.39 is 0 Å². The summed E-state index contributed by atoms with van der Waals surface area (Å²) in [6, 6.07) is 0. The minimum absolute atomic E-state index is 0.304. The molecule has 1 nitrogen and oxygen atoms in total. The Kier molecular flexibility index (Phi) is 3.57. The monoisotopic (exact) mass is 222 g/mol. The molecule has 0 aromatic rings. The van der Waals surface area contributed by atoms with Gasteiger partial charge in [0.15, 0.2) is 0 Å². The second-order valence-electron chi connectivity index (χ2n) is 3.54. The van der Waals surface area contributed by atoms with Crippen LogP contribution < -0.4 is 0 Å². The van der Waals surface area contributed by atoms with Gasteiger partial charge in [-0.2, -0.15) is 0 Å². The van der Waals surface area contributed by atoms with Crippen LogP contribution in [0.4, 0.5) is 0 Å². The molecule has 0 fully saturated rings. The molecule has 72 valence electrons. The topological polar surface area (TPSA) is 9.23 Å². The molecule has 2 aliphatic carbocycles. The van der Waals surface area contributed by atoms with E-state index in [4.69, 9.17) is 3.32 Å². The molecule has 0 heterocycles. The van der Waals surface area contributed by atoms with Gasteiger partial charge in [-0.3, -0.25) is 0 Å². The molecule has 0 N–H and O–H groups in total. The van der Waals surface area contributed by atoms with Crippen LogP contribution in [0.2, 0.25) is 4.22 Å². The van der Waals surface area contributed by atoms with E-state index in [0.29, 0.717) is 16.1 Å². The van der Waals surface area contributed by atoms with Gasteiger partial charge in [-0.15, -0.1) is 0 Å². The summed E-state index contributed by atoms with van der Waals surface area (Å²) in [5.74, 6) is 1.18. The molecule has 0 aromatic heterocycles. The molecular formula is C12H14OTi. The predicted molar refractivity (Wildman–Crippen MR) is 54.3 cm³/mol. The number of hydrogen-bond donors (Lipinski definition) is 0. The Morgan fingerprint density at radius 3 is 1.71 bits per heavy atom. The van der Waals surface area contributed by atoms with Gasteiger partial charge in [0.2, 0.25) is 0 Å². The fourth-order valence-electron chi connectivity index (χ4n) is 1.93. The van der Waals surface area contributed by atoms with Crippen LogP contribution in [0.5, 0.6) is 0 Å². The first-order valence-electron chi connectivity index (χ1n) is 4.90. The Bertz CT molecular complexity index is 249. The third-order valence-corrected chi connectivity index (χ3v) is 4.63. The number of hydrogen-bond acceptors (Lipinski definition) is 1. The van der Waals surface area contributed by atoms with E-state index in [0.717, 1.165) is 0 Å². The molecule has 0 saturated carbocycles. The second-order valence-corrected chi connectivity index (χ2v) is 5.59. The zero-order valence-electron chi connectivity index (χ0n) is 8.26. The molecule has 0 aliphatic heterocycles. The third kappa shape index (κ3) is 2.17. The van der Waals surface area contributed by atoms with E-state index in [1.807, 2.05) is 7.11 Å². The quantitative estimate of drug-likeness (QED) is 0.664. The summed E-state index contributed by atoms with van der Waals surface area (Å²) in [7, 11) is 1.83. The fourth-order valence-corrected chi connectivity index (χ4v) is 3.54. The summed E-state index contributed by atoms with van der Waals surface area (Å²) in [5.41, 5.74) is 0. The van der Waals surface area contributed by atoms with Crippen molar-refractivity contribution in [2.75, 3.05) is 7.11 Å². The van der Waals surface area contributed by atoms with Crippen molar-refractivity contribution in [1.82, 2.24) is 0 Å². The van der Waals surface area contributed by atoms with Crippen LogP contribution in [0.3, 0.4) is 0 Å². The first-order valence-corrected chi connectivity index (χ1v) is 6.44.